The van der Waals surface area contributed by atoms with Crippen LogP contribution in [0, 0.1) is 5.92 Å². The lowest BCUT2D eigenvalue weighted by atomic mass is 9.84. The number of piperidine rings is 1. The fourth-order valence-corrected chi connectivity index (χ4v) is 4.50. The molecule has 1 atom stereocenters. The highest BCUT2D eigenvalue weighted by Crippen LogP contribution is 2.29. The number of hydrogen-bond donors (Lipinski definition) is 2. The molecule has 1 aliphatic carbocycles. The molecule has 22 heavy (non-hydrogen) atoms. The Morgan fingerprint density at radius 2 is 1.82 bits per heavy atom. The molecule has 2 aliphatic rings. The maximum atomic E-state index is 12.5. The van der Waals surface area contributed by atoms with Crippen LogP contribution in [0.25, 0.3) is 0 Å². The molecule has 1 unspecified atom stereocenters. The fraction of sp³-hybridized carbons (Fsp3) is 0.625. The first-order valence-electron chi connectivity index (χ1n) is 8.16. The van der Waals surface area contributed by atoms with Gasteiger partial charge in [-0.25, -0.2) is 8.42 Å². The molecular formula is C16H25N3O2S. The summed E-state index contributed by atoms with van der Waals surface area (Å²) in [6.45, 7) is 2.01. The van der Waals surface area contributed by atoms with Gasteiger partial charge in [-0.15, -0.1) is 0 Å². The Balaban J connectivity index is 1.69. The summed E-state index contributed by atoms with van der Waals surface area (Å²) in [5.41, 5.74) is 6.20. The van der Waals surface area contributed by atoms with Crippen molar-refractivity contribution < 1.29 is 8.42 Å². The fourth-order valence-electron chi connectivity index (χ4n) is 3.24. The van der Waals surface area contributed by atoms with E-state index in [-0.39, 0.29) is 11.1 Å². The zero-order chi connectivity index (χ0) is 15.6. The first-order valence-corrected chi connectivity index (χ1v) is 9.65. The summed E-state index contributed by atoms with van der Waals surface area (Å²) in [5, 5.41) is 0. The van der Waals surface area contributed by atoms with Crippen molar-refractivity contribution in [3.8, 4) is 0 Å². The summed E-state index contributed by atoms with van der Waals surface area (Å²) >= 11 is 0. The number of nitrogens with two attached hydrogens (primary N) is 1. The van der Waals surface area contributed by atoms with Gasteiger partial charge in [-0.05, 0) is 68.8 Å². The maximum Gasteiger partial charge on any atom is 0.241 e. The van der Waals surface area contributed by atoms with E-state index in [4.69, 9.17) is 5.73 Å². The molecule has 3 rings (SSSR count). The van der Waals surface area contributed by atoms with Gasteiger partial charge in [0, 0.05) is 12.2 Å². The average Bonchev–Trinajstić information content (AvgIpc) is 2.44. The van der Waals surface area contributed by atoms with E-state index < -0.39 is 10.0 Å². The minimum absolute atomic E-state index is 0.0723. The van der Waals surface area contributed by atoms with E-state index in [1.165, 1.54) is 19.3 Å². The SMILES string of the molecule is Nc1ccc(S(=O)(=O)NC2CCCCN2CC2CCC2)cc1. The number of nitrogen functional groups attached to an aromatic ring is 1. The minimum Gasteiger partial charge on any atom is -0.399 e. The second-order valence-electron chi connectivity index (χ2n) is 6.49. The number of sulfonamides is 1. The van der Waals surface area contributed by atoms with Gasteiger partial charge in [0.05, 0.1) is 11.1 Å². The summed E-state index contributed by atoms with van der Waals surface area (Å²) in [5.74, 6) is 0.752. The van der Waals surface area contributed by atoms with E-state index in [1.54, 1.807) is 24.3 Å². The summed E-state index contributed by atoms with van der Waals surface area (Å²) in [4.78, 5) is 2.61. The number of nitrogens with zero attached hydrogens (tertiary/aromatic N) is 1. The first-order chi connectivity index (χ1) is 10.5. The molecule has 1 saturated heterocycles. The Bertz CT molecular complexity index is 596. The quantitative estimate of drug-likeness (QED) is 0.814. The summed E-state index contributed by atoms with van der Waals surface area (Å²) in [6.07, 6.45) is 6.95. The van der Waals surface area contributed by atoms with Crippen LogP contribution in [-0.2, 0) is 10.0 Å². The molecule has 1 heterocycles. The van der Waals surface area contributed by atoms with Gasteiger partial charge < -0.3 is 5.73 Å². The molecule has 0 aromatic heterocycles. The van der Waals surface area contributed by atoms with Crippen LogP contribution in [0.1, 0.15) is 38.5 Å². The highest BCUT2D eigenvalue weighted by atomic mass is 32.2. The van der Waals surface area contributed by atoms with Crippen molar-refractivity contribution in [2.24, 2.45) is 5.92 Å². The van der Waals surface area contributed by atoms with Gasteiger partial charge in [0.25, 0.3) is 0 Å². The highest BCUT2D eigenvalue weighted by molar-refractivity contribution is 7.89. The molecule has 5 nitrogen and oxygen atoms in total. The lowest BCUT2D eigenvalue weighted by molar-refractivity contribution is 0.0944. The van der Waals surface area contributed by atoms with E-state index in [0.717, 1.165) is 38.3 Å². The van der Waals surface area contributed by atoms with Crippen LogP contribution in [0.15, 0.2) is 29.2 Å². The van der Waals surface area contributed by atoms with Crippen LogP contribution in [0.2, 0.25) is 0 Å². The first kappa shape index (κ1) is 15.8. The van der Waals surface area contributed by atoms with Crippen molar-refractivity contribution in [1.82, 2.24) is 9.62 Å². The van der Waals surface area contributed by atoms with Crippen molar-refractivity contribution in [2.75, 3.05) is 18.8 Å². The molecule has 0 spiro atoms. The van der Waals surface area contributed by atoms with Gasteiger partial charge in [0.1, 0.15) is 0 Å². The molecular weight excluding hydrogens is 298 g/mol. The summed E-state index contributed by atoms with van der Waals surface area (Å²) in [6, 6.07) is 6.39. The smallest absolute Gasteiger partial charge is 0.241 e. The Morgan fingerprint density at radius 1 is 1.09 bits per heavy atom. The van der Waals surface area contributed by atoms with Gasteiger partial charge in [0.2, 0.25) is 10.0 Å². The third-order valence-electron chi connectivity index (χ3n) is 4.81. The molecule has 2 fully saturated rings. The normalized spacial score (nSPS) is 24.1. The molecule has 122 valence electrons. The van der Waals surface area contributed by atoms with E-state index in [9.17, 15) is 8.42 Å². The van der Waals surface area contributed by atoms with Crippen molar-refractivity contribution in [3.05, 3.63) is 24.3 Å². The molecule has 1 aromatic carbocycles. The third-order valence-corrected chi connectivity index (χ3v) is 6.29. The standard InChI is InChI=1S/C16H25N3O2S/c17-14-7-9-15(10-8-14)22(20,21)18-16-6-1-2-11-19(16)12-13-4-3-5-13/h7-10,13,16,18H,1-6,11-12,17H2. The van der Waals surface area contributed by atoms with E-state index >= 15 is 0 Å². The number of rotatable bonds is 5. The maximum absolute atomic E-state index is 12.5. The van der Waals surface area contributed by atoms with Crippen LogP contribution in [0.4, 0.5) is 5.69 Å². The second kappa shape index (κ2) is 6.56. The molecule has 1 aliphatic heterocycles. The Hall–Kier alpha value is -1.11. The number of likely N-dealkylation sites (tertiary alicyclic amines) is 1. The van der Waals surface area contributed by atoms with Gasteiger partial charge in [-0.3, -0.25) is 4.90 Å². The largest absolute Gasteiger partial charge is 0.399 e. The Kier molecular flexibility index (Phi) is 4.70. The zero-order valence-corrected chi connectivity index (χ0v) is 13.7. The summed E-state index contributed by atoms with van der Waals surface area (Å²) in [7, 11) is -3.48. The number of nitrogens with one attached hydrogen (secondary N) is 1. The molecule has 0 bridgehead atoms. The Labute approximate surface area is 132 Å². The second-order valence-corrected chi connectivity index (χ2v) is 8.21. The van der Waals surface area contributed by atoms with Crippen molar-refractivity contribution in [1.29, 1.82) is 0 Å². The van der Waals surface area contributed by atoms with Crippen molar-refractivity contribution in [2.45, 2.75) is 49.6 Å². The predicted octanol–water partition coefficient (Wildman–Crippen LogP) is 2.16. The molecule has 3 N–H and O–H groups in total. The van der Waals surface area contributed by atoms with Gasteiger partial charge >= 0.3 is 0 Å². The number of benzene rings is 1. The lowest BCUT2D eigenvalue weighted by Gasteiger charge is -2.40. The monoisotopic (exact) mass is 323 g/mol. The predicted molar refractivity (Wildman–Crippen MR) is 87.7 cm³/mol. The van der Waals surface area contributed by atoms with Crippen LogP contribution >= 0.6 is 0 Å². The average molecular weight is 323 g/mol. The lowest BCUT2D eigenvalue weighted by Crippen LogP contribution is -2.52. The molecule has 0 amide bonds. The van der Waals surface area contributed by atoms with Gasteiger partial charge in [-0.1, -0.05) is 6.42 Å². The van der Waals surface area contributed by atoms with Crippen LogP contribution in [0.3, 0.4) is 0 Å². The summed E-state index contributed by atoms with van der Waals surface area (Å²) < 4.78 is 28.0. The molecule has 0 radical (unpaired) electrons. The van der Waals surface area contributed by atoms with E-state index in [1.807, 2.05) is 0 Å². The Morgan fingerprint density at radius 3 is 2.45 bits per heavy atom. The van der Waals surface area contributed by atoms with Crippen molar-refractivity contribution >= 4 is 15.7 Å². The van der Waals surface area contributed by atoms with E-state index in [2.05, 4.69) is 9.62 Å². The van der Waals surface area contributed by atoms with Crippen LogP contribution in [-0.4, -0.2) is 32.6 Å². The topological polar surface area (TPSA) is 75.4 Å². The zero-order valence-electron chi connectivity index (χ0n) is 12.9. The van der Waals surface area contributed by atoms with Crippen LogP contribution in [0.5, 0.6) is 0 Å². The molecule has 1 saturated carbocycles. The van der Waals surface area contributed by atoms with Crippen LogP contribution < -0.4 is 10.5 Å². The minimum atomic E-state index is -3.48. The van der Waals surface area contributed by atoms with E-state index in [0.29, 0.717) is 5.69 Å². The van der Waals surface area contributed by atoms with Gasteiger partial charge in [-0.2, -0.15) is 4.72 Å². The number of hydrogen-bond acceptors (Lipinski definition) is 4. The molecule has 6 heteroatoms. The van der Waals surface area contributed by atoms with Gasteiger partial charge in [0.15, 0.2) is 0 Å². The highest BCUT2D eigenvalue weighted by Gasteiger charge is 2.30. The molecule has 1 aromatic rings. The third kappa shape index (κ3) is 3.62. The van der Waals surface area contributed by atoms with Crippen molar-refractivity contribution in [3.63, 3.8) is 0 Å². The number of anilines is 1.